The van der Waals surface area contributed by atoms with E-state index in [1.54, 1.807) is 6.07 Å². The lowest BCUT2D eigenvalue weighted by Crippen LogP contribution is -2.17. The lowest BCUT2D eigenvalue weighted by Gasteiger charge is -2.21. The molecule has 1 heterocycles. The molecule has 1 N–H and O–H groups in total. The van der Waals surface area contributed by atoms with Crippen molar-refractivity contribution in [3.8, 4) is 5.75 Å². The van der Waals surface area contributed by atoms with Crippen molar-refractivity contribution < 1.29 is 9.53 Å². The molecule has 128 valence electrons. The Kier molecular flexibility index (Phi) is 5.63. The van der Waals surface area contributed by atoms with Gasteiger partial charge in [-0.25, -0.2) is 4.98 Å². The van der Waals surface area contributed by atoms with Gasteiger partial charge in [0.1, 0.15) is 11.4 Å². The van der Waals surface area contributed by atoms with Crippen molar-refractivity contribution in [2.45, 2.75) is 26.2 Å². The van der Waals surface area contributed by atoms with Crippen molar-refractivity contribution in [2.75, 3.05) is 12.4 Å². The molecule has 0 atom stereocenters. The van der Waals surface area contributed by atoms with Gasteiger partial charge in [0.2, 0.25) is 0 Å². The topological polar surface area (TPSA) is 51.2 Å². The van der Waals surface area contributed by atoms with Crippen LogP contribution in [0.25, 0.3) is 0 Å². The van der Waals surface area contributed by atoms with E-state index in [2.05, 4.69) is 31.1 Å². The number of aromatic nitrogens is 1. The zero-order valence-electron chi connectivity index (χ0n) is 13.7. The third-order valence-electron chi connectivity index (χ3n) is 3.45. The predicted molar refractivity (Wildman–Crippen MR) is 98.9 cm³/mol. The second-order valence-corrected chi connectivity index (χ2v) is 7.37. The van der Waals surface area contributed by atoms with E-state index in [0.29, 0.717) is 11.4 Å². The number of carbonyl (C=O) groups is 1. The summed E-state index contributed by atoms with van der Waals surface area (Å²) in [5, 5.41) is 3.05. The first kappa shape index (κ1) is 18.8. The Morgan fingerprint density at radius 1 is 1.17 bits per heavy atom. The summed E-state index contributed by atoms with van der Waals surface area (Å²) < 4.78 is 5.31. The van der Waals surface area contributed by atoms with Crippen LogP contribution < -0.4 is 10.1 Å². The average Bonchev–Trinajstić information content (AvgIpc) is 2.51. The average molecular weight is 388 g/mol. The fourth-order valence-electron chi connectivity index (χ4n) is 2.06. The zero-order valence-corrected chi connectivity index (χ0v) is 16.0. The molecule has 2 aromatic rings. The van der Waals surface area contributed by atoms with Crippen LogP contribution in [0.2, 0.25) is 15.1 Å². The maximum Gasteiger partial charge on any atom is 0.275 e. The van der Waals surface area contributed by atoms with Crippen LogP contribution in [0.4, 0.5) is 5.69 Å². The van der Waals surface area contributed by atoms with Crippen LogP contribution in [0.3, 0.4) is 0 Å². The van der Waals surface area contributed by atoms with E-state index in [9.17, 15) is 4.79 Å². The molecule has 4 nitrogen and oxygen atoms in total. The molecule has 1 amide bonds. The lowest BCUT2D eigenvalue weighted by atomic mass is 9.87. The molecule has 1 aromatic carbocycles. The van der Waals surface area contributed by atoms with Gasteiger partial charge in [0.05, 0.1) is 27.9 Å². The molecule has 0 aliphatic heterocycles. The molecule has 0 spiro atoms. The van der Waals surface area contributed by atoms with Crippen molar-refractivity contribution in [1.82, 2.24) is 4.98 Å². The summed E-state index contributed by atoms with van der Waals surface area (Å²) in [6.45, 7) is 6.24. The number of anilines is 1. The van der Waals surface area contributed by atoms with Gasteiger partial charge in [-0.1, -0.05) is 61.6 Å². The van der Waals surface area contributed by atoms with Crippen LogP contribution >= 0.6 is 34.8 Å². The van der Waals surface area contributed by atoms with Crippen LogP contribution in [0, 0.1) is 0 Å². The first-order valence-corrected chi connectivity index (χ1v) is 8.28. The monoisotopic (exact) mass is 386 g/mol. The Morgan fingerprint density at radius 3 is 2.42 bits per heavy atom. The van der Waals surface area contributed by atoms with Gasteiger partial charge < -0.3 is 10.1 Å². The van der Waals surface area contributed by atoms with Crippen LogP contribution in [-0.4, -0.2) is 18.0 Å². The molecule has 0 fully saturated rings. The molecule has 0 saturated heterocycles. The molecular weight excluding hydrogens is 371 g/mol. The minimum absolute atomic E-state index is 0.00529. The normalized spacial score (nSPS) is 11.3. The molecule has 7 heteroatoms. The van der Waals surface area contributed by atoms with Crippen LogP contribution in [0.1, 0.15) is 36.8 Å². The smallest absolute Gasteiger partial charge is 0.275 e. The van der Waals surface area contributed by atoms with Crippen molar-refractivity contribution >= 4 is 46.4 Å². The van der Waals surface area contributed by atoms with E-state index in [1.807, 2.05) is 12.1 Å². The number of pyridine rings is 1. The van der Waals surface area contributed by atoms with Gasteiger partial charge in [0.15, 0.2) is 0 Å². The Bertz CT molecular complexity index is 786. The van der Waals surface area contributed by atoms with E-state index in [4.69, 9.17) is 39.5 Å². The number of nitrogens with zero attached hydrogens (tertiary/aromatic N) is 1. The number of rotatable bonds is 3. The van der Waals surface area contributed by atoms with Gasteiger partial charge in [-0.05, 0) is 23.1 Å². The third kappa shape index (κ3) is 3.94. The molecular formula is C17H17Cl3N2O2. The standard InChI is InChI=1S/C17H17Cl3N2O2/c1-17(2,3)9-5-6-12(24-4)11(7-9)22-16(23)15-14(20)13(19)10(18)8-21-15/h5-8H,1-4H3,(H,22,23). The highest BCUT2D eigenvalue weighted by Gasteiger charge is 2.20. The molecule has 0 unspecified atom stereocenters. The highest BCUT2D eigenvalue weighted by Crippen LogP contribution is 2.34. The maximum atomic E-state index is 12.5. The largest absolute Gasteiger partial charge is 0.495 e. The number of amides is 1. The molecule has 24 heavy (non-hydrogen) atoms. The molecule has 0 radical (unpaired) electrons. The Morgan fingerprint density at radius 2 is 1.83 bits per heavy atom. The van der Waals surface area contributed by atoms with E-state index in [1.165, 1.54) is 13.3 Å². The second-order valence-electron chi connectivity index (χ2n) is 6.20. The van der Waals surface area contributed by atoms with Crippen molar-refractivity contribution in [3.05, 3.63) is 50.7 Å². The molecule has 2 rings (SSSR count). The molecule has 0 aliphatic rings. The number of hydrogen-bond donors (Lipinski definition) is 1. The molecule has 1 aromatic heterocycles. The van der Waals surface area contributed by atoms with Gasteiger partial charge in [-0.2, -0.15) is 0 Å². The first-order chi connectivity index (χ1) is 11.1. The van der Waals surface area contributed by atoms with E-state index < -0.39 is 5.91 Å². The summed E-state index contributed by atoms with van der Waals surface area (Å²) in [7, 11) is 1.53. The number of halogens is 3. The van der Waals surface area contributed by atoms with E-state index in [0.717, 1.165) is 5.56 Å². The van der Waals surface area contributed by atoms with Gasteiger partial charge in [0, 0.05) is 6.20 Å². The highest BCUT2D eigenvalue weighted by atomic mass is 35.5. The van der Waals surface area contributed by atoms with Crippen molar-refractivity contribution in [1.29, 1.82) is 0 Å². The molecule has 0 aliphatic carbocycles. The van der Waals surface area contributed by atoms with Crippen molar-refractivity contribution in [3.63, 3.8) is 0 Å². The fourth-order valence-corrected chi connectivity index (χ4v) is 2.62. The number of methoxy groups -OCH3 is 1. The van der Waals surface area contributed by atoms with E-state index in [-0.39, 0.29) is 26.2 Å². The summed E-state index contributed by atoms with van der Waals surface area (Å²) in [6.07, 6.45) is 1.29. The van der Waals surface area contributed by atoms with Gasteiger partial charge >= 0.3 is 0 Å². The van der Waals surface area contributed by atoms with Crippen LogP contribution in [0.15, 0.2) is 24.4 Å². The number of ether oxygens (including phenoxy) is 1. The van der Waals surface area contributed by atoms with Gasteiger partial charge in [-0.3, -0.25) is 4.79 Å². The van der Waals surface area contributed by atoms with Crippen molar-refractivity contribution in [2.24, 2.45) is 0 Å². The van der Waals surface area contributed by atoms with Gasteiger partial charge in [-0.15, -0.1) is 0 Å². The number of benzene rings is 1. The lowest BCUT2D eigenvalue weighted by molar-refractivity contribution is 0.102. The molecule has 0 bridgehead atoms. The highest BCUT2D eigenvalue weighted by molar-refractivity contribution is 6.49. The predicted octanol–water partition coefficient (Wildman–Crippen LogP) is 5.60. The summed E-state index contributed by atoms with van der Waals surface area (Å²) in [6, 6.07) is 5.63. The van der Waals surface area contributed by atoms with Crippen LogP contribution in [0.5, 0.6) is 5.75 Å². The summed E-state index contributed by atoms with van der Waals surface area (Å²) in [5.41, 5.74) is 1.49. The zero-order chi connectivity index (χ0) is 18.1. The summed E-state index contributed by atoms with van der Waals surface area (Å²) in [5.74, 6) is 0.0375. The Balaban J connectivity index is 2.40. The first-order valence-electron chi connectivity index (χ1n) is 7.14. The molecule has 0 saturated carbocycles. The van der Waals surface area contributed by atoms with Gasteiger partial charge in [0.25, 0.3) is 5.91 Å². The number of hydrogen-bond acceptors (Lipinski definition) is 3. The third-order valence-corrected chi connectivity index (χ3v) is 4.69. The van der Waals surface area contributed by atoms with Crippen LogP contribution in [-0.2, 0) is 5.41 Å². The SMILES string of the molecule is COc1ccc(C(C)(C)C)cc1NC(=O)c1ncc(Cl)c(Cl)c1Cl. The van der Waals surface area contributed by atoms with E-state index >= 15 is 0 Å². The number of carbonyl (C=O) groups excluding carboxylic acids is 1. The maximum absolute atomic E-state index is 12.5. The number of nitrogens with one attached hydrogen (secondary N) is 1. The minimum atomic E-state index is -0.497. The Hall–Kier alpha value is -1.49. The quantitative estimate of drug-likeness (QED) is 0.745. The summed E-state index contributed by atoms with van der Waals surface area (Å²) in [4.78, 5) is 16.5. The second kappa shape index (κ2) is 7.18. The minimum Gasteiger partial charge on any atom is -0.495 e. The fraction of sp³-hybridized carbons (Fsp3) is 0.294. The Labute approximate surface area is 156 Å². The summed E-state index contributed by atoms with van der Waals surface area (Å²) >= 11 is 17.9.